The Bertz CT molecular complexity index is 185. The van der Waals surface area contributed by atoms with Gasteiger partial charge in [-0.1, -0.05) is 0 Å². The molecule has 0 heterocycles. The molecular formula is C7H8ClIO. The molecule has 0 atom stereocenters. The molecule has 0 amide bonds. The van der Waals surface area contributed by atoms with E-state index in [2.05, 4.69) is 22.6 Å². The van der Waals surface area contributed by atoms with Crippen LogP contribution in [0.3, 0.4) is 0 Å². The van der Waals surface area contributed by atoms with Crippen LogP contribution in [0.4, 0.5) is 0 Å². The maximum Gasteiger partial charge on any atom is 0.118 e. The standard InChI is InChI=1S/C7H7IO.ClH/c1-9-7-4-2-6(8)3-5-7;/h2-5H,1H3;1H. The summed E-state index contributed by atoms with van der Waals surface area (Å²) in [4.78, 5) is 0. The molecule has 0 aliphatic carbocycles. The van der Waals surface area contributed by atoms with Crippen LogP contribution in [0, 0.1) is 3.57 Å². The Morgan fingerprint density at radius 2 is 1.70 bits per heavy atom. The number of halogens is 2. The van der Waals surface area contributed by atoms with E-state index in [4.69, 9.17) is 4.74 Å². The molecule has 1 aromatic carbocycles. The summed E-state index contributed by atoms with van der Waals surface area (Å²) in [7, 11) is 1.67. The highest BCUT2D eigenvalue weighted by molar-refractivity contribution is 14.1. The van der Waals surface area contributed by atoms with Gasteiger partial charge in [0.05, 0.1) is 7.11 Å². The molecule has 3 heteroatoms. The highest BCUT2D eigenvalue weighted by Gasteiger charge is 1.86. The molecule has 0 saturated heterocycles. The highest BCUT2D eigenvalue weighted by Crippen LogP contribution is 2.11. The van der Waals surface area contributed by atoms with Gasteiger partial charge in [0.2, 0.25) is 0 Å². The molecule has 0 aliphatic heterocycles. The second-order valence-corrected chi connectivity index (χ2v) is 2.90. The lowest BCUT2D eigenvalue weighted by molar-refractivity contribution is 0.414. The van der Waals surface area contributed by atoms with Gasteiger partial charge in [-0.3, -0.25) is 0 Å². The first-order chi connectivity index (χ1) is 4.33. The minimum Gasteiger partial charge on any atom is -0.497 e. The quantitative estimate of drug-likeness (QED) is 0.713. The fraction of sp³-hybridized carbons (Fsp3) is 0.143. The Labute approximate surface area is 80.3 Å². The lowest BCUT2D eigenvalue weighted by Crippen LogP contribution is -1.80. The van der Waals surface area contributed by atoms with E-state index in [9.17, 15) is 0 Å². The van der Waals surface area contributed by atoms with Crippen LogP contribution < -0.4 is 4.74 Å². The van der Waals surface area contributed by atoms with Crippen molar-refractivity contribution in [1.29, 1.82) is 0 Å². The van der Waals surface area contributed by atoms with Gasteiger partial charge in [-0.15, -0.1) is 12.4 Å². The Balaban J connectivity index is 0.000000810. The van der Waals surface area contributed by atoms with E-state index in [0.29, 0.717) is 0 Å². The van der Waals surface area contributed by atoms with Crippen molar-refractivity contribution in [2.45, 2.75) is 0 Å². The zero-order chi connectivity index (χ0) is 6.69. The van der Waals surface area contributed by atoms with Crippen LogP contribution in [0.5, 0.6) is 5.75 Å². The first-order valence-corrected chi connectivity index (χ1v) is 3.70. The lowest BCUT2D eigenvalue weighted by atomic mass is 10.3. The number of rotatable bonds is 1. The van der Waals surface area contributed by atoms with Gasteiger partial charge in [0.1, 0.15) is 5.75 Å². The van der Waals surface area contributed by atoms with Crippen LogP contribution in [0.25, 0.3) is 0 Å². The van der Waals surface area contributed by atoms with Crippen LogP contribution in [0.15, 0.2) is 24.3 Å². The summed E-state index contributed by atoms with van der Waals surface area (Å²) < 4.78 is 6.20. The first-order valence-electron chi connectivity index (χ1n) is 2.62. The van der Waals surface area contributed by atoms with Crippen molar-refractivity contribution in [3.63, 3.8) is 0 Å². The second-order valence-electron chi connectivity index (χ2n) is 1.66. The van der Waals surface area contributed by atoms with E-state index < -0.39 is 0 Å². The predicted octanol–water partition coefficient (Wildman–Crippen LogP) is 2.72. The zero-order valence-corrected chi connectivity index (χ0v) is 8.48. The third-order valence-corrected chi connectivity index (χ3v) is 1.77. The van der Waals surface area contributed by atoms with Gasteiger partial charge in [0.15, 0.2) is 0 Å². The van der Waals surface area contributed by atoms with Crippen LogP contribution in [0.2, 0.25) is 0 Å². The van der Waals surface area contributed by atoms with Crippen molar-refractivity contribution in [3.05, 3.63) is 27.8 Å². The van der Waals surface area contributed by atoms with Gasteiger partial charge < -0.3 is 4.74 Å². The van der Waals surface area contributed by atoms with Gasteiger partial charge >= 0.3 is 0 Å². The van der Waals surface area contributed by atoms with Crippen molar-refractivity contribution in [1.82, 2.24) is 0 Å². The molecule has 0 spiro atoms. The molecule has 0 saturated carbocycles. The third-order valence-electron chi connectivity index (χ3n) is 1.05. The summed E-state index contributed by atoms with van der Waals surface area (Å²) >= 11 is 2.26. The fourth-order valence-electron chi connectivity index (χ4n) is 0.571. The maximum absolute atomic E-state index is 4.97. The van der Waals surface area contributed by atoms with E-state index in [1.807, 2.05) is 24.3 Å². The smallest absolute Gasteiger partial charge is 0.118 e. The maximum atomic E-state index is 4.97. The van der Waals surface area contributed by atoms with Crippen molar-refractivity contribution >= 4 is 35.0 Å². The predicted molar refractivity (Wildman–Crippen MR) is 53.0 cm³/mol. The molecular weight excluding hydrogens is 262 g/mol. The number of hydrogen-bond donors (Lipinski definition) is 0. The highest BCUT2D eigenvalue weighted by atomic mass is 127. The average Bonchev–Trinajstić information content (AvgIpc) is 1.90. The van der Waals surface area contributed by atoms with E-state index in [1.54, 1.807) is 7.11 Å². The minimum atomic E-state index is 0. The summed E-state index contributed by atoms with van der Waals surface area (Å²) in [6, 6.07) is 7.92. The number of hydrogen-bond acceptors (Lipinski definition) is 1. The van der Waals surface area contributed by atoms with E-state index in [-0.39, 0.29) is 12.4 Å². The lowest BCUT2D eigenvalue weighted by Gasteiger charge is -1.96. The number of methoxy groups -OCH3 is 1. The Morgan fingerprint density at radius 3 is 2.10 bits per heavy atom. The fourth-order valence-corrected chi connectivity index (χ4v) is 0.930. The molecule has 0 aromatic heterocycles. The number of benzene rings is 1. The van der Waals surface area contributed by atoms with Crippen LogP contribution in [0.1, 0.15) is 0 Å². The van der Waals surface area contributed by atoms with Crippen LogP contribution in [-0.4, -0.2) is 7.11 Å². The molecule has 1 rings (SSSR count). The zero-order valence-electron chi connectivity index (χ0n) is 5.50. The summed E-state index contributed by atoms with van der Waals surface area (Å²) in [5.41, 5.74) is 0. The Hall–Kier alpha value is 0.0400. The van der Waals surface area contributed by atoms with Crippen molar-refractivity contribution < 1.29 is 4.74 Å². The Kier molecular flexibility index (Phi) is 4.81. The van der Waals surface area contributed by atoms with E-state index in [1.165, 1.54) is 3.57 Å². The molecule has 0 radical (unpaired) electrons. The topological polar surface area (TPSA) is 9.23 Å². The first kappa shape index (κ1) is 10.0. The molecule has 1 aromatic rings. The summed E-state index contributed by atoms with van der Waals surface area (Å²) in [6.45, 7) is 0. The minimum absolute atomic E-state index is 0. The molecule has 10 heavy (non-hydrogen) atoms. The molecule has 0 aliphatic rings. The van der Waals surface area contributed by atoms with Crippen molar-refractivity contribution in [2.75, 3.05) is 7.11 Å². The van der Waals surface area contributed by atoms with E-state index in [0.717, 1.165) is 5.75 Å². The molecule has 0 N–H and O–H groups in total. The Morgan fingerprint density at radius 1 is 1.20 bits per heavy atom. The molecule has 1 nitrogen and oxygen atoms in total. The van der Waals surface area contributed by atoms with Crippen LogP contribution in [-0.2, 0) is 0 Å². The van der Waals surface area contributed by atoms with Crippen LogP contribution >= 0.6 is 35.0 Å². The SMILES string of the molecule is COc1ccc(I)cc1.Cl. The van der Waals surface area contributed by atoms with Gasteiger partial charge in [0.25, 0.3) is 0 Å². The molecule has 0 fully saturated rings. The summed E-state index contributed by atoms with van der Waals surface area (Å²) in [5, 5.41) is 0. The second kappa shape index (κ2) is 4.79. The third kappa shape index (κ3) is 2.75. The monoisotopic (exact) mass is 270 g/mol. The molecule has 0 bridgehead atoms. The largest absolute Gasteiger partial charge is 0.497 e. The van der Waals surface area contributed by atoms with E-state index >= 15 is 0 Å². The summed E-state index contributed by atoms with van der Waals surface area (Å²) in [5.74, 6) is 0.912. The van der Waals surface area contributed by atoms with Crippen molar-refractivity contribution in [3.8, 4) is 5.75 Å². The van der Waals surface area contributed by atoms with Gasteiger partial charge in [-0.25, -0.2) is 0 Å². The summed E-state index contributed by atoms with van der Waals surface area (Å²) in [6.07, 6.45) is 0. The van der Waals surface area contributed by atoms with Gasteiger partial charge in [-0.05, 0) is 46.9 Å². The molecule has 0 unspecified atom stereocenters. The van der Waals surface area contributed by atoms with Gasteiger partial charge in [-0.2, -0.15) is 0 Å². The average molecular weight is 270 g/mol. The van der Waals surface area contributed by atoms with Gasteiger partial charge in [0, 0.05) is 3.57 Å². The normalized spacial score (nSPS) is 8.20. The molecule has 56 valence electrons. The van der Waals surface area contributed by atoms with Crippen molar-refractivity contribution in [2.24, 2.45) is 0 Å². The number of ether oxygens (including phenoxy) is 1.